The van der Waals surface area contributed by atoms with Crippen molar-refractivity contribution in [1.29, 1.82) is 0 Å². The second kappa shape index (κ2) is 6.95. The molecule has 1 rings (SSSR count). The van der Waals surface area contributed by atoms with Gasteiger partial charge in [0.1, 0.15) is 5.82 Å². The summed E-state index contributed by atoms with van der Waals surface area (Å²) in [5.74, 6) is -2.04. The summed E-state index contributed by atoms with van der Waals surface area (Å²) in [5, 5.41) is 5.86. The fourth-order valence-corrected chi connectivity index (χ4v) is 1.01. The van der Waals surface area contributed by atoms with Crippen LogP contribution < -0.4 is 10.7 Å². The lowest BCUT2D eigenvalue weighted by Gasteiger charge is -1.99. The standard InChI is InChI=1S/C12H12FN3O2/c1-2-7-14-11(17)12(18)16-15-8-9-3-5-10(13)6-4-9/h2-6,8H,1,7H2,(H,14,17)(H,16,18). The summed E-state index contributed by atoms with van der Waals surface area (Å²) in [4.78, 5) is 22.3. The van der Waals surface area contributed by atoms with Crippen LogP contribution in [-0.2, 0) is 9.59 Å². The van der Waals surface area contributed by atoms with E-state index < -0.39 is 11.8 Å². The Morgan fingerprint density at radius 1 is 1.28 bits per heavy atom. The molecule has 0 atom stereocenters. The molecule has 0 aliphatic carbocycles. The van der Waals surface area contributed by atoms with Crippen molar-refractivity contribution in [3.05, 3.63) is 48.3 Å². The van der Waals surface area contributed by atoms with Gasteiger partial charge in [0.15, 0.2) is 0 Å². The molecule has 5 nitrogen and oxygen atoms in total. The normalized spacial score (nSPS) is 10.1. The number of halogens is 1. The first-order valence-corrected chi connectivity index (χ1v) is 5.11. The van der Waals surface area contributed by atoms with Gasteiger partial charge in [0.25, 0.3) is 0 Å². The van der Waals surface area contributed by atoms with Crippen LogP contribution in [0.15, 0.2) is 42.0 Å². The second-order valence-electron chi connectivity index (χ2n) is 3.25. The van der Waals surface area contributed by atoms with Crippen molar-refractivity contribution in [2.75, 3.05) is 6.54 Å². The molecule has 0 aliphatic rings. The van der Waals surface area contributed by atoms with E-state index >= 15 is 0 Å². The lowest BCUT2D eigenvalue weighted by atomic mass is 10.2. The molecule has 18 heavy (non-hydrogen) atoms. The van der Waals surface area contributed by atoms with Crippen LogP contribution in [0.5, 0.6) is 0 Å². The van der Waals surface area contributed by atoms with Gasteiger partial charge in [-0.2, -0.15) is 5.10 Å². The van der Waals surface area contributed by atoms with E-state index in [4.69, 9.17) is 0 Å². The molecule has 94 valence electrons. The summed E-state index contributed by atoms with van der Waals surface area (Å²) in [6.45, 7) is 3.60. The maximum Gasteiger partial charge on any atom is 0.329 e. The number of carbonyl (C=O) groups is 2. The summed E-state index contributed by atoms with van der Waals surface area (Å²) in [6, 6.07) is 5.51. The van der Waals surface area contributed by atoms with Gasteiger partial charge < -0.3 is 5.32 Å². The minimum absolute atomic E-state index is 0.202. The topological polar surface area (TPSA) is 70.6 Å². The quantitative estimate of drug-likeness (QED) is 0.354. The molecule has 0 saturated carbocycles. The summed E-state index contributed by atoms with van der Waals surface area (Å²) >= 11 is 0. The molecule has 0 radical (unpaired) electrons. The SMILES string of the molecule is C=CCNC(=O)C(=O)NN=Cc1ccc(F)cc1. The van der Waals surface area contributed by atoms with E-state index in [0.717, 1.165) is 0 Å². The van der Waals surface area contributed by atoms with E-state index in [1.807, 2.05) is 5.43 Å². The molecule has 0 unspecified atom stereocenters. The predicted octanol–water partition coefficient (Wildman–Crippen LogP) is 0.578. The van der Waals surface area contributed by atoms with Crippen LogP contribution in [0, 0.1) is 5.82 Å². The first-order chi connectivity index (χ1) is 8.63. The average Bonchev–Trinajstić information content (AvgIpc) is 2.38. The Balaban J connectivity index is 2.44. The van der Waals surface area contributed by atoms with Crippen LogP contribution in [0.1, 0.15) is 5.56 Å². The zero-order valence-corrected chi connectivity index (χ0v) is 9.52. The number of hydrazone groups is 1. The van der Waals surface area contributed by atoms with Crippen molar-refractivity contribution < 1.29 is 14.0 Å². The van der Waals surface area contributed by atoms with Gasteiger partial charge in [-0.05, 0) is 17.7 Å². The second-order valence-corrected chi connectivity index (χ2v) is 3.25. The van der Waals surface area contributed by atoms with Gasteiger partial charge in [0.05, 0.1) is 6.21 Å². The Morgan fingerprint density at radius 2 is 1.94 bits per heavy atom. The van der Waals surface area contributed by atoms with Crippen LogP contribution in [0.4, 0.5) is 4.39 Å². The number of amides is 2. The Kier molecular flexibility index (Phi) is 5.24. The Bertz CT molecular complexity index is 469. The highest BCUT2D eigenvalue weighted by Gasteiger charge is 2.10. The average molecular weight is 249 g/mol. The smallest absolute Gasteiger partial charge is 0.329 e. The molecule has 2 N–H and O–H groups in total. The van der Waals surface area contributed by atoms with Crippen LogP contribution in [0.2, 0.25) is 0 Å². The van der Waals surface area contributed by atoms with Crippen molar-refractivity contribution in [1.82, 2.24) is 10.7 Å². The van der Waals surface area contributed by atoms with Crippen molar-refractivity contribution in [3.8, 4) is 0 Å². The molecule has 0 bridgehead atoms. The van der Waals surface area contributed by atoms with E-state index in [2.05, 4.69) is 17.0 Å². The molecule has 1 aromatic carbocycles. The maximum atomic E-state index is 12.6. The van der Waals surface area contributed by atoms with Gasteiger partial charge in [0.2, 0.25) is 0 Å². The maximum absolute atomic E-state index is 12.6. The monoisotopic (exact) mass is 249 g/mol. The summed E-state index contributed by atoms with van der Waals surface area (Å²) < 4.78 is 12.6. The summed E-state index contributed by atoms with van der Waals surface area (Å²) in [5.41, 5.74) is 2.65. The number of nitrogens with one attached hydrogen (secondary N) is 2. The molecule has 0 spiro atoms. The minimum atomic E-state index is -0.879. The van der Waals surface area contributed by atoms with E-state index in [1.54, 1.807) is 0 Å². The fourth-order valence-electron chi connectivity index (χ4n) is 1.01. The Morgan fingerprint density at radius 3 is 2.56 bits per heavy atom. The number of hydrogen-bond acceptors (Lipinski definition) is 3. The Hall–Kier alpha value is -2.50. The van der Waals surface area contributed by atoms with Gasteiger partial charge in [-0.15, -0.1) is 6.58 Å². The fraction of sp³-hybridized carbons (Fsp3) is 0.0833. The highest BCUT2D eigenvalue weighted by molar-refractivity contribution is 6.35. The largest absolute Gasteiger partial charge is 0.344 e. The number of hydrogen-bond donors (Lipinski definition) is 2. The number of nitrogens with zero attached hydrogens (tertiary/aromatic N) is 1. The third-order valence-electron chi connectivity index (χ3n) is 1.86. The first-order valence-electron chi connectivity index (χ1n) is 5.11. The molecule has 2 amide bonds. The van der Waals surface area contributed by atoms with Crippen LogP contribution >= 0.6 is 0 Å². The Labute approximate surface area is 103 Å². The van der Waals surface area contributed by atoms with Crippen LogP contribution in [0.25, 0.3) is 0 Å². The molecule has 0 heterocycles. The van der Waals surface area contributed by atoms with Gasteiger partial charge in [-0.3, -0.25) is 9.59 Å². The lowest BCUT2D eigenvalue weighted by molar-refractivity contribution is -0.139. The molecule has 0 aliphatic heterocycles. The van der Waals surface area contributed by atoms with Crippen molar-refractivity contribution >= 4 is 18.0 Å². The molecule has 0 aromatic heterocycles. The summed E-state index contributed by atoms with van der Waals surface area (Å²) in [6.07, 6.45) is 2.76. The molecule has 0 fully saturated rings. The van der Waals surface area contributed by atoms with Gasteiger partial charge in [0, 0.05) is 6.54 Å². The highest BCUT2D eigenvalue weighted by Crippen LogP contribution is 1.99. The van der Waals surface area contributed by atoms with Crippen molar-refractivity contribution in [3.63, 3.8) is 0 Å². The predicted molar refractivity (Wildman–Crippen MR) is 65.3 cm³/mol. The number of rotatable bonds is 4. The van der Waals surface area contributed by atoms with Crippen LogP contribution in [0.3, 0.4) is 0 Å². The third-order valence-corrected chi connectivity index (χ3v) is 1.86. The van der Waals surface area contributed by atoms with E-state index in [9.17, 15) is 14.0 Å². The van der Waals surface area contributed by atoms with Crippen molar-refractivity contribution in [2.45, 2.75) is 0 Å². The minimum Gasteiger partial charge on any atom is -0.344 e. The van der Waals surface area contributed by atoms with Gasteiger partial charge in [-0.1, -0.05) is 18.2 Å². The van der Waals surface area contributed by atoms with Gasteiger partial charge in [-0.25, -0.2) is 9.82 Å². The lowest BCUT2D eigenvalue weighted by Crippen LogP contribution is -2.37. The zero-order valence-electron chi connectivity index (χ0n) is 9.52. The van der Waals surface area contributed by atoms with Gasteiger partial charge >= 0.3 is 11.8 Å². The third kappa shape index (κ3) is 4.56. The summed E-state index contributed by atoms with van der Waals surface area (Å²) in [7, 11) is 0. The van der Waals surface area contributed by atoms with E-state index in [-0.39, 0.29) is 12.4 Å². The van der Waals surface area contributed by atoms with E-state index in [0.29, 0.717) is 5.56 Å². The first kappa shape index (κ1) is 13.6. The van der Waals surface area contributed by atoms with E-state index in [1.165, 1.54) is 36.6 Å². The molecular weight excluding hydrogens is 237 g/mol. The number of benzene rings is 1. The number of carbonyl (C=O) groups excluding carboxylic acids is 2. The van der Waals surface area contributed by atoms with Crippen molar-refractivity contribution in [2.24, 2.45) is 5.10 Å². The molecule has 1 aromatic rings. The van der Waals surface area contributed by atoms with Crippen LogP contribution in [-0.4, -0.2) is 24.6 Å². The highest BCUT2D eigenvalue weighted by atomic mass is 19.1. The molecular formula is C12H12FN3O2. The molecule has 6 heteroatoms. The zero-order chi connectivity index (χ0) is 13.4. The molecule has 0 saturated heterocycles.